The largest absolute Gasteiger partial charge is 0.467 e. The third-order valence-corrected chi connectivity index (χ3v) is 4.30. The van der Waals surface area contributed by atoms with E-state index in [4.69, 9.17) is 21.8 Å². The van der Waals surface area contributed by atoms with Crippen LogP contribution in [0.2, 0.25) is 0 Å². The predicted octanol–water partition coefficient (Wildman–Crippen LogP) is 3.14. The van der Waals surface area contributed by atoms with Gasteiger partial charge in [0.15, 0.2) is 0 Å². The van der Waals surface area contributed by atoms with Crippen LogP contribution in [0.3, 0.4) is 0 Å². The predicted molar refractivity (Wildman–Crippen MR) is 88.5 cm³/mol. The van der Waals surface area contributed by atoms with Crippen molar-refractivity contribution < 1.29 is 13.9 Å². The summed E-state index contributed by atoms with van der Waals surface area (Å²) in [6.07, 6.45) is 6.95. The van der Waals surface area contributed by atoms with Gasteiger partial charge in [0.05, 0.1) is 25.3 Å². The van der Waals surface area contributed by atoms with Gasteiger partial charge in [-0.2, -0.15) is 12.6 Å². The number of benzene rings is 1. The minimum Gasteiger partial charge on any atom is -0.467 e. The van der Waals surface area contributed by atoms with E-state index in [1.54, 1.807) is 30.9 Å². The Morgan fingerprint density at radius 3 is 2.70 bits per heavy atom. The molecule has 0 bridgehead atoms. The van der Waals surface area contributed by atoms with Crippen molar-refractivity contribution in [2.45, 2.75) is 11.3 Å². The summed E-state index contributed by atoms with van der Waals surface area (Å²) in [7, 11) is 1.36. The average Bonchev–Trinajstić information content (AvgIpc) is 3.27. The molecule has 1 unspecified atom stereocenters. The number of carbonyl (C=O) groups is 1. The van der Waals surface area contributed by atoms with Crippen LogP contribution in [0.1, 0.15) is 21.7 Å². The summed E-state index contributed by atoms with van der Waals surface area (Å²) < 4.78 is 11.6. The van der Waals surface area contributed by atoms with Gasteiger partial charge in [0.2, 0.25) is 0 Å². The van der Waals surface area contributed by atoms with E-state index in [1.165, 1.54) is 7.11 Å². The molecule has 0 saturated carbocycles. The molecule has 5 nitrogen and oxygen atoms in total. The van der Waals surface area contributed by atoms with Crippen LogP contribution in [0.4, 0.5) is 0 Å². The van der Waals surface area contributed by atoms with E-state index in [2.05, 4.69) is 4.98 Å². The first kappa shape index (κ1) is 15.4. The highest BCUT2D eigenvalue weighted by atomic mass is 32.1. The van der Waals surface area contributed by atoms with E-state index in [1.807, 2.05) is 35.0 Å². The van der Waals surface area contributed by atoms with E-state index in [-0.39, 0.29) is 5.97 Å². The molecule has 1 atom stereocenters. The fraction of sp³-hybridized carbons (Fsp3) is 0.176. The lowest BCUT2D eigenvalue weighted by Gasteiger charge is -2.27. The second-order valence-electron chi connectivity index (χ2n) is 5.14. The number of hydrogen-bond acceptors (Lipinski definition) is 5. The van der Waals surface area contributed by atoms with Crippen molar-refractivity contribution in [1.29, 1.82) is 0 Å². The van der Waals surface area contributed by atoms with Crippen molar-refractivity contribution in [3.63, 3.8) is 0 Å². The molecule has 1 aromatic carbocycles. The average molecular weight is 328 g/mol. The van der Waals surface area contributed by atoms with E-state index in [0.29, 0.717) is 12.1 Å². The number of carbonyl (C=O) groups excluding carboxylic acids is 1. The standard InChI is InChI=1S/C17H16N2O3S/c1-21-16(20)13-4-6-14(7-5-13)17(23,15-3-2-10-22-15)11-19-9-8-18-12-19/h2-10,12,23H,11H2,1H3. The van der Waals surface area contributed by atoms with E-state index in [9.17, 15) is 4.79 Å². The van der Waals surface area contributed by atoms with Crippen molar-refractivity contribution in [1.82, 2.24) is 9.55 Å². The highest BCUT2D eigenvalue weighted by Crippen LogP contribution is 2.38. The summed E-state index contributed by atoms with van der Waals surface area (Å²) >= 11 is 4.90. The Kier molecular flexibility index (Phi) is 4.25. The van der Waals surface area contributed by atoms with E-state index < -0.39 is 4.75 Å². The molecule has 2 aromatic heterocycles. The summed E-state index contributed by atoms with van der Waals surface area (Å²) in [5.74, 6) is 0.356. The molecule has 3 rings (SSSR count). The molecule has 118 valence electrons. The van der Waals surface area contributed by atoms with Crippen LogP contribution in [0.25, 0.3) is 0 Å². The first-order valence-electron chi connectivity index (χ1n) is 7.04. The van der Waals surface area contributed by atoms with Crippen molar-refractivity contribution >= 4 is 18.6 Å². The molecule has 0 aliphatic heterocycles. The minimum atomic E-state index is -0.682. The summed E-state index contributed by atoms with van der Waals surface area (Å²) in [5, 5.41) is 0. The quantitative estimate of drug-likeness (QED) is 0.577. The van der Waals surface area contributed by atoms with Gasteiger partial charge in [-0.3, -0.25) is 0 Å². The maximum atomic E-state index is 11.6. The lowest BCUT2D eigenvalue weighted by atomic mass is 9.94. The van der Waals surface area contributed by atoms with Gasteiger partial charge >= 0.3 is 5.97 Å². The molecule has 0 aliphatic carbocycles. The van der Waals surface area contributed by atoms with Gasteiger partial charge in [-0.05, 0) is 29.8 Å². The molecule has 23 heavy (non-hydrogen) atoms. The Balaban J connectivity index is 2.00. The number of esters is 1. The Bertz CT molecular complexity index is 767. The molecular weight excluding hydrogens is 312 g/mol. The highest BCUT2D eigenvalue weighted by Gasteiger charge is 2.33. The normalized spacial score (nSPS) is 13.5. The Morgan fingerprint density at radius 2 is 2.13 bits per heavy atom. The van der Waals surface area contributed by atoms with Crippen LogP contribution in [0, 0.1) is 0 Å². The van der Waals surface area contributed by atoms with Crippen molar-refractivity contribution in [2.24, 2.45) is 0 Å². The second-order valence-corrected chi connectivity index (χ2v) is 5.90. The molecule has 0 radical (unpaired) electrons. The van der Waals surface area contributed by atoms with Crippen LogP contribution in [0.5, 0.6) is 0 Å². The van der Waals surface area contributed by atoms with Gasteiger partial charge in [-0.1, -0.05) is 12.1 Å². The van der Waals surface area contributed by atoms with Gasteiger partial charge in [-0.15, -0.1) is 0 Å². The molecule has 0 amide bonds. The number of methoxy groups -OCH3 is 1. The Labute approximate surface area is 139 Å². The number of ether oxygens (including phenoxy) is 1. The SMILES string of the molecule is COC(=O)c1ccc(C(S)(Cn2ccnc2)c2ccco2)cc1. The van der Waals surface area contributed by atoms with Gasteiger partial charge in [-0.25, -0.2) is 9.78 Å². The van der Waals surface area contributed by atoms with Crippen LogP contribution in [-0.4, -0.2) is 22.6 Å². The summed E-state index contributed by atoms with van der Waals surface area (Å²) in [5.41, 5.74) is 1.41. The second kappa shape index (κ2) is 6.34. The zero-order valence-electron chi connectivity index (χ0n) is 12.5. The maximum Gasteiger partial charge on any atom is 0.337 e. The van der Waals surface area contributed by atoms with Crippen LogP contribution < -0.4 is 0 Å². The smallest absolute Gasteiger partial charge is 0.337 e. The third-order valence-electron chi connectivity index (χ3n) is 3.68. The Morgan fingerprint density at radius 1 is 1.35 bits per heavy atom. The number of thiol groups is 1. The molecule has 0 N–H and O–H groups in total. The lowest BCUT2D eigenvalue weighted by Crippen LogP contribution is -2.26. The highest BCUT2D eigenvalue weighted by molar-refractivity contribution is 7.81. The van der Waals surface area contributed by atoms with Crippen LogP contribution >= 0.6 is 12.6 Å². The van der Waals surface area contributed by atoms with Crippen molar-refractivity contribution in [3.05, 3.63) is 78.3 Å². The van der Waals surface area contributed by atoms with Crippen molar-refractivity contribution in [3.8, 4) is 0 Å². The molecule has 0 saturated heterocycles. The first-order valence-corrected chi connectivity index (χ1v) is 7.49. The topological polar surface area (TPSA) is 57.3 Å². The van der Waals surface area contributed by atoms with E-state index >= 15 is 0 Å². The maximum absolute atomic E-state index is 11.6. The van der Waals surface area contributed by atoms with Crippen LogP contribution in [-0.2, 0) is 16.0 Å². The number of aromatic nitrogens is 2. The number of imidazole rings is 1. The Hall–Kier alpha value is -2.47. The number of rotatable bonds is 5. The van der Waals surface area contributed by atoms with E-state index in [0.717, 1.165) is 11.3 Å². The van der Waals surface area contributed by atoms with Crippen LogP contribution in [0.15, 0.2) is 65.8 Å². The molecule has 0 aliphatic rings. The van der Waals surface area contributed by atoms with Gasteiger partial charge < -0.3 is 13.7 Å². The number of furan rings is 1. The molecule has 3 aromatic rings. The molecule has 6 heteroatoms. The monoisotopic (exact) mass is 328 g/mol. The minimum absolute atomic E-state index is 0.367. The first-order chi connectivity index (χ1) is 11.1. The molecule has 0 fully saturated rings. The third kappa shape index (κ3) is 3.03. The fourth-order valence-electron chi connectivity index (χ4n) is 2.47. The van der Waals surface area contributed by atoms with Gasteiger partial charge in [0, 0.05) is 18.9 Å². The zero-order valence-corrected chi connectivity index (χ0v) is 13.4. The summed E-state index contributed by atoms with van der Waals surface area (Å²) in [6.45, 7) is 0.543. The lowest BCUT2D eigenvalue weighted by molar-refractivity contribution is 0.0600. The van der Waals surface area contributed by atoms with Gasteiger partial charge in [0.25, 0.3) is 0 Å². The summed E-state index contributed by atoms with van der Waals surface area (Å²) in [4.78, 5) is 15.7. The number of nitrogens with zero attached hydrogens (tertiary/aromatic N) is 2. The molecule has 0 spiro atoms. The van der Waals surface area contributed by atoms with Crippen molar-refractivity contribution in [2.75, 3.05) is 7.11 Å². The molecule has 2 heterocycles. The number of hydrogen-bond donors (Lipinski definition) is 1. The summed E-state index contributed by atoms with van der Waals surface area (Å²) in [6, 6.07) is 10.9. The molecular formula is C17H16N2O3S. The zero-order chi connectivity index (χ0) is 16.3. The van der Waals surface area contributed by atoms with Gasteiger partial charge in [0.1, 0.15) is 10.5 Å². The fourth-order valence-corrected chi connectivity index (χ4v) is 2.91.